The van der Waals surface area contributed by atoms with Gasteiger partial charge in [0.25, 0.3) is 5.62 Å². The van der Waals surface area contributed by atoms with Crippen LogP contribution in [-0.2, 0) is 16.4 Å². The van der Waals surface area contributed by atoms with Crippen molar-refractivity contribution in [1.82, 2.24) is 29.5 Å². The molecule has 13 heteroatoms. The van der Waals surface area contributed by atoms with Crippen molar-refractivity contribution in [2.24, 2.45) is 4.99 Å². The third-order valence-corrected chi connectivity index (χ3v) is 6.15. The van der Waals surface area contributed by atoms with E-state index in [-0.39, 0.29) is 28.5 Å². The molecule has 1 aromatic carbocycles. The summed E-state index contributed by atoms with van der Waals surface area (Å²) in [6.07, 6.45) is 6.20. The lowest BCUT2D eigenvalue weighted by Crippen LogP contribution is -2.24. The van der Waals surface area contributed by atoms with Gasteiger partial charge in [-0.1, -0.05) is 12.1 Å². The van der Waals surface area contributed by atoms with E-state index in [4.69, 9.17) is 0 Å². The molecule has 0 aliphatic heterocycles. The van der Waals surface area contributed by atoms with Crippen molar-refractivity contribution < 1.29 is 13.5 Å². The van der Waals surface area contributed by atoms with E-state index < -0.39 is 15.5 Å². The van der Waals surface area contributed by atoms with Crippen LogP contribution in [0.5, 0.6) is 5.88 Å². The molecule has 170 valence electrons. The van der Waals surface area contributed by atoms with Crippen molar-refractivity contribution in [3.05, 3.63) is 63.0 Å². The molecule has 3 heterocycles. The predicted octanol–water partition coefficient (Wildman–Crippen LogP) is -0.527. The molecule has 1 aliphatic rings. The summed E-state index contributed by atoms with van der Waals surface area (Å²) in [6, 6.07) is 6.81. The van der Waals surface area contributed by atoms with Crippen LogP contribution in [0.1, 0.15) is 24.1 Å². The normalized spacial score (nSPS) is 15.4. The van der Waals surface area contributed by atoms with E-state index in [1.165, 1.54) is 4.52 Å². The summed E-state index contributed by atoms with van der Waals surface area (Å²) in [4.78, 5) is 30.0. The van der Waals surface area contributed by atoms with Gasteiger partial charge in [0, 0.05) is 18.0 Å². The van der Waals surface area contributed by atoms with Crippen molar-refractivity contribution in [1.29, 1.82) is 0 Å². The second-order valence-electron chi connectivity index (χ2n) is 7.80. The Balaban J connectivity index is 1.55. The van der Waals surface area contributed by atoms with Gasteiger partial charge in [-0.25, -0.2) is 18.2 Å². The Morgan fingerprint density at radius 1 is 1.30 bits per heavy atom. The molecular weight excluding hydrogens is 448 g/mol. The zero-order valence-electron chi connectivity index (χ0n) is 17.5. The number of nitrogens with zero attached hydrogens (tertiary/aromatic N) is 5. The Labute approximate surface area is 186 Å². The van der Waals surface area contributed by atoms with Crippen LogP contribution in [0, 0.1) is 0 Å². The second kappa shape index (κ2) is 7.85. The minimum atomic E-state index is -3.32. The van der Waals surface area contributed by atoms with Gasteiger partial charge in [0.15, 0.2) is 15.5 Å². The maximum absolute atomic E-state index is 11.8. The van der Waals surface area contributed by atoms with Gasteiger partial charge >= 0.3 is 5.69 Å². The summed E-state index contributed by atoms with van der Waals surface area (Å²) >= 11 is 0. The molecule has 0 radical (unpaired) electrons. The average Bonchev–Trinajstić information content (AvgIpc) is 3.40. The molecule has 1 saturated carbocycles. The summed E-state index contributed by atoms with van der Waals surface area (Å²) < 4.78 is 25.2. The lowest BCUT2D eigenvalue weighted by molar-refractivity contribution is 0.454. The fourth-order valence-electron chi connectivity index (χ4n) is 3.23. The Hall–Kier alpha value is -4.00. The monoisotopic (exact) mass is 468 g/mol. The summed E-state index contributed by atoms with van der Waals surface area (Å²) in [7, 11) is -3.32. The van der Waals surface area contributed by atoms with E-state index in [0.717, 1.165) is 24.7 Å². The molecule has 33 heavy (non-hydrogen) atoms. The molecule has 0 amide bonds. The summed E-state index contributed by atoms with van der Waals surface area (Å²) in [5.41, 5.74) is 1.21. The predicted molar refractivity (Wildman–Crippen MR) is 118 cm³/mol. The molecule has 3 aromatic heterocycles. The number of nitrogens with one attached hydrogen (secondary N) is 3. The van der Waals surface area contributed by atoms with Crippen LogP contribution in [0.4, 0.5) is 5.95 Å². The number of aromatic nitrogens is 6. The molecule has 4 aromatic rings. The Morgan fingerprint density at radius 2 is 2.12 bits per heavy atom. The van der Waals surface area contributed by atoms with Gasteiger partial charge in [0.1, 0.15) is 5.69 Å². The maximum atomic E-state index is 11.8. The first-order chi connectivity index (χ1) is 15.8. The quantitative estimate of drug-likeness (QED) is 0.293. The number of aromatic amines is 2. The number of hydrogen-bond acceptors (Lipinski definition) is 9. The number of aromatic hydroxyl groups is 1. The molecule has 1 aliphatic carbocycles. The summed E-state index contributed by atoms with van der Waals surface area (Å²) in [5.74, 6) is -0.00556. The van der Waals surface area contributed by atoms with Gasteiger partial charge in [-0.05, 0) is 36.6 Å². The first-order valence-electron chi connectivity index (χ1n) is 10.1. The van der Waals surface area contributed by atoms with Gasteiger partial charge < -0.3 is 15.4 Å². The Kier molecular flexibility index (Phi) is 4.96. The lowest BCUT2D eigenvalue weighted by Gasteiger charge is -2.07. The third-order valence-electron chi connectivity index (χ3n) is 5.04. The first kappa shape index (κ1) is 20.9. The number of sulfone groups is 1. The second-order valence-corrected chi connectivity index (χ2v) is 9.82. The first-order valence-corrected chi connectivity index (χ1v) is 12.0. The van der Waals surface area contributed by atoms with E-state index in [1.807, 2.05) is 0 Å². The van der Waals surface area contributed by atoms with Crippen molar-refractivity contribution in [2.75, 3.05) is 11.6 Å². The molecule has 0 unspecified atom stereocenters. The van der Waals surface area contributed by atoms with Gasteiger partial charge in [-0.2, -0.15) is 19.6 Å². The lowest BCUT2D eigenvalue weighted by atomic mass is 10.2. The van der Waals surface area contributed by atoms with Crippen molar-refractivity contribution >= 4 is 27.5 Å². The van der Waals surface area contributed by atoms with Crippen LogP contribution in [0.15, 0.2) is 45.1 Å². The number of rotatable bonds is 6. The standard InChI is InChI=1S/C20H20N8O4S/c1-33(31,32)14-4-2-3-11(7-14)9-21-18-25-16-12(8-15-17(29)26-20(30)24-15)10-22-28(16)19(27-18)23-13-5-6-13/h2-4,7-8,10,13,29H,5-6,9H2,1H3,(H,21,23,27)(H2,24,26,30). The van der Waals surface area contributed by atoms with E-state index in [9.17, 15) is 18.3 Å². The summed E-state index contributed by atoms with van der Waals surface area (Å²) in [6.45, 7) is 0.293. The zero-order valence-corrected chi connectivity index (χ0v) is 18.3. The highest BCUT2D eigenvalue weighted by molar-refractivity contribution is 7.90. The minimum absolute atomic E-state index is 0.184. The SMILES string of the molecule is CS(=O)(=O)c1cccc(CNc2nc(=NC3CC3)n3ncc(=Cc4[nH]c(=O)[nH]c4O)c3n2)c1. The van der Waals surface area contributed by atoms with Crippen molar-refractivity contribution in [3.8, 4) is 5.88 Å². The Bertz CT molecular complexity index is 1650. The molecule has 5 rings (SSSR count). The zero-order chi connectivity index (χ0) is 23.2. The fraction of sp³-hybridized carbons (Fsp3) is 0.250. The number of hydrogen-bond donors (Lipinski definition) is 4. The van der Waals surface area contributed by atoms with Crippen LogP contribution in [0.25, 0.3) is 11.7 Å². The highest BCUT2D eigenvalue weighted by Gasteiger charge is 2.21. The highest BCUT2D eigenvalue weighted by Crippen LogP contribution is 2.22. The van der Waals surface area contributed by atoms with Gasteiger partial charge in [0.05, 0.1) is 17.1 Å². The van der Waals surface area contributed by atoms with E-state index in [0.29, 0.717) is 23.0 Å². The van der Waals surface area contributed by atoms with Crippen molar-refractivity contribution in [2.45, 2.75) is 30.3 Å². The van der Waals surface area contributed by atoms with Crippen LogP contribution in [0.3, 0.4) is 0 Å². The molecular formula is C20H20N8O4S. The largest absolute Gasteiger partial charge is 0.493 e. The number of imidazole rings is 1. The number of anilines is 1. The summed E-state index contributed by atoms with van der Waals surface area (Å²) in [5, 5.41) is 17.9. The van der Waals surface area contributed by atoms with E-state index in [1.54, 1.807) is 36.5 Å². The fourth-order valence-corrected chi connectivity index (χ4v) is 3.92. The number of benzene rings is 1. The van der Waals surface area contributed by atoms with Crippen LogP contribution in [-0.4, -0.2) is 55.4 Å². The van der Waals surface area contributed by atoms with Gasteiger partial charge in [-0.3, -0.25) is 4.98 Å². The average molecular weight is 468 g/mol. The van der Waals surface area contributed by atoms with E-state index >= 15 is 0 Å². The van der Waals surface area contributed by atoms with E-state index in [2.05, 4.69) is 35.3 Å². The smallest absolute Gasteiger partial charge is 0.326 e. The maximum Gasteiger partial charge on any atom is 0.326 e. The number of fused-ring (bicyclic) bond motifs is 1. The Morgan fingerprint density at radius 3 is 2.82 bits per heavy atom. The van der Waals surface area contributed by atoms with Gasteiger partial charge in [-0.15, -0.1) is 0 Å². The van der Waals surface area contributed by atoms with Crippen molar-refractivity contribution in [3.63, 3.8) is 0 Å². The van der Waals surface area contributed by atoms with Crippen LogP contribution < -0.4 is 21.8 Å². The third kappa shape index (κ3) is 4.48. The minimum Gasteiger partial charge on any atom is -0.493 e. The molecule has 0 spiro atoms. The molecule has 1 fully saturated rings. The van der Waals surface area contributed by atoms with Crippen LogP contribution >= 0.6 is 0 Å². The number of H-pyrrole nitrogens is 2. The molecule has 0 bridgehead atoms. The van der Waals surface area contributed by atoms with Gasteiger partial charge in [0.2, 0.25) is 11.8 Å². The molecule has 0 atom stereocenters. The molecule has 4 N–H and O–H groups in total. The molecule has 0 saturated heterocycles. The highest BCUT2D eigenvalue weighted by atomic mass is 32.2. The molecule has 12 nitrogen and oxygen atoms in total. The van der Waals surface area contributed by atoms with Crippen LogP contribution in [0.2, 0.25) is 0 Å². The topological polar surface area (TPSA) is 170 Å².